The molecule has 0 radical (unpaired) electrons. The number of nitro groups is 1. The fourth-order valence-corrected chi connectivity index (χ4v) is 5.28. The summed E-state index contributed by atoms with van der Waals surface area (Å²) in [5.41, 5.74) is 2.94. The zero-order valence-electron chi connectivity index (χ0n) is 19.0. The van der Waals surface area contributed by atoms with E-state index < -0.39 is 10.8 Å². The molecule has 0 bridgehead atoms. The Morgan fingerprint density at radius 1 is 1.21 bits per heavy atom. The van der Waals surface area contributed by atoms with Crippen LogP contribution in [-0.4, -0.2) is 34.0 Å². The van der Waals surface area contributed by atoms with Crippen molar-refractivity contribution in [1.29, 1.82) is 0 Å². The summed E-state index contributed by atoms with van der Waals surface area (Å²) in [4.78, 5) is 30.6. The van der Waals surface area contributed by atoms with Crippen molar-refractivity contribution in [3.05, 3.63) is 57.6 Å². The summed E-state index contributed by atoms with van der Waals surface area (Å²) in [7, 11) is 0. The van der Waals surface area contributed by atoms with Crippen LogP contribution in [0.25, 0.3) is 10.2 Å². The SMILES string of the molecule is CCCCc1ccc2nc(NC(=S)NC(=O)c3cc([N+](=O)[O-])ccc3N3CCCCC3)sc2c1. The molecule has 34 heavy (non-hydrogen) atoms. The maximum absolute atomic E-state index is 13.1. The molecule has 2 N–H and O–H groups in total. The molecule has 1 aliphatic rings. The number of thiocarbonyl (C=S) groups is 1. The lowest BCUT2D eigenvalue weighted by Crippen LogP contribution is -2.36. The van der Waals surface area contributed by atoms with E-state index in [-0.39, 0.29) is 16.4 Å². The number of nitro benzene ring substituents is 1. The summed E-state index contributed by atoms with van der Waals surface area (Å²) >= 11 is 6.83. The number of carbonyl (C=O) groups excluding carboxylic acids is 1. The van der Waals surface area contributed by atoms with Crippen molar-refractivity contribution < 1.29 is 9.72 Å². The molecular weight excluding hydrogens is 470 g/mol. The molecule has 8 nitrogen and oxygen atoms in total. The highest BCUT2D eigenvalue weighted by molar-refractivity contribution is 7.80. The smallest absolute Gasteiger partial charge is 0.270 e. The molecular formula is C24H27N5O3S2. The normalized spacial score (nSPS) is 13.6. The Labute approximate surface area is 207 Å². The van der Waals surface area contributed by atoms with Crippen LogP contribution in [0, 0.1) is 10.1 Å². The Morgan fingerprint density at radius 3 is 2.74 bits per heavy atom. The molecule has 0 unspecified atom stereocenters. The average molecular weight is 498 g/mol. The lowest BCUT2D eigenvalue weighted by atomic mass is 10.1. The molecule has 1 aliphatic heterocycles. The molecule has 0 spiro atoms. The molecule has 2 heterocycles. The van der Waals surface area contributed by atoms with Crippen molar-refractivity contribution in [3.63, 3.8) is 0 Å². The third-order valence-electron chi connectivity index (χ3n) is 5.85. The maximum Gasteiger partial charge on any atom is 0.270 e. The van der Waals surface area contributed by atoms with Gasteiger partial charge in [-0.25, -0.2) is 4.98 Å². The van der Waals surface area contributed by atoms with Gasteiger partial charge in [0.25, 0.3) is 11.6 Å². The molecule has 1 fully saturated rings. The summed E-state index contributed by atoms with van der Waals surface area (Å²) in [6.07, 6.45) is 6.51. The zero-order valence-corrected chi connectivity index (χ0v) is 20.6. The van der Waals surface area contributed by atoms with Gasteiger partial charge in [0.1, 0.15) is 0 Å². The number of rotatable bonds is 7. The lowest BCUT2D eigenvalue weighted by Gasteiger charge is -2.30. The molecule has 0 saturated carbocycles. The van der Waals surface area contributed by atoms with E-state index in [1.54, 1.807) is 6.07 Å². The van der Waals surface area contributed by atoms with Gasteiger partial charge in [-0.1, -0.05) is 30.7 Å². The Bertz CT molecular complexity index is 1220. The highest BCUT2D eigenvalue weighted by Crippen LogP contribution is 2.29. The van der Waals surface area contributed by atoms with Crippen LogP contribution in [-0.2, 0) is 6.42 Å². The third-order valence-corrected chi connectivity index (χ3v) is 6.99. The fraction of sp³-hybridized carbons (Fsp3) is 0.375. The summed E-state index contributed by atoms with van der Waals surface area (Å²) in [5.74, 6) is -0.482. The number of nitrogens with zero attached hydrogens (tertiary/aromatic N) is 3. The molecule has 2 aromatic carbocycles. The number of benzene rings is 2. The van der Waals surface area contributed by atoms with E-state index in [1.165, 1.54) is 29.0 Å². The highest BCUT2D eigenvalue weighted by atomic mass is 32.1. The molecule has 0 atom stereocenters. The second-order valence-electron chi connectivity index (χ2n) is 8.34. The first kappa shape index (κ1) is 24.0. The van der Waals surface area contributed by atoms with Crippen molar-refractivity contribution in [2.24, 2.45) is 0 Å². The van der Waals surface area contributed by atoms with Gasteiger partial charge in [-0.15, -0.1) is 0 Å². The summed E-state index contributed by atoms with van der Waals surface area (Å²) in [6.45, 7) is 3.80. The van der Waals surface area contributed by atoms with Gasteiger partial charge in [-0.2, -0.15) is 0 Å². The lowest BCUT2D eigenvalue weighted by molar-refractivity contribution is -0.384. The van der Waals surface area contributed by atoms with Gasteiger partial charge in [0.15, 0.2) is 10.2 Å². The first-order valence-electron chi connectivity index (χ1n) is 11.5. The first-order valence-corrected chi connectivity index (χ1v) is 12.7. The number of nitrogens with one attached hydrogen (secondary N) is 2. The molecule has 0 aliphatic carbocycles. The second kappa shape index (κ2) is 10.9. The number of piperidine rings is 1. The van der Waals surface area contributed by atoms with Crippen molar-refractivity contribution in [2.45, 2.75) is 45.4 Å². The maximum atomic E-state index is 13.1. The van der Waals surface area contributed by atoms with E-state index in [4.69, 9.17) is 12.2 Å². The van der Waals surface area contributed by atoms with Gasteiger partial charge >= 0.3 is 0 Å². The van der Waals surface area contributed by atoms with Crippen LogP contribution < -0.4 is 15.5 Å². The minimum absolute atomic E-state index is 0.103. The Morgan fingerprint density at radius 2 is 2.00 bits per heavy atom. The van der Waals surface area contributed by atoms with Crippen molar-refractivity contribution in [2.75, 3.05) is 23.3 Å². The molecule has 10 heteroatoms. The van der Waals surface area contributed by atoms with Gasteiger partial charge in [0.2, 0.25) is 0 Å². The van der Waals surface area contributed by atoms with Crippen LogP contribution in [0.4, 0.5) is 16.5 Å². The predicted molar refractivity (Wildman–Crippen MR) is 141 cm³/mol. The number of thiazole rings is 1. The number of hydrogen-bond acceptors (Lipinski definition) is 7. The molecule has 3 aromatic rings. The van der Waals surface area contributed by atoms with Crippen molar-refractivity contribution in [1.82, 2.24) is 10.3 Å². The largest absolute Gasteiger partial charge is 0.371 e. The number of unbranched alkanes of at least 4 members (excludes halogenated alkanes) is 1. The molecule has 178 valence electrons. The van der Waals surface area contributed by atoms with E-state index >= 15 is 0 Å². The number of carbonyl (C=O) groups is 1. The van der Waals surface area contributed by atoms with Gasteiger partial charge in [0, 0.05) is 25.2 Å². The van der Waals surface area contributed by atoms with Crippen LogP contribution in [0.1, 0.15) is 54.9 Å². The van der Waals surface area contributed by atoms with E-state index in [9.17, 15) is 14.9 Å². The topological polar surface area (TPSA) is 100 Å². The summed E-state index contributed by atoms with van der Waals surface area (Å²) < 4.78 is 1.05. The Hall–Kier alpha value is -3.11. The zero-order chi connectivity index (χ0) is 24.1. The molecule has 1 aromatic heterocycles. The van der Waals surface area contributed by atoms with Crippen LogP contribution >= 0.6 is 23.6 Å². The van der Waals surface area contributed by atoms with Crippen LogP contribution in [0.5, 0.6) is 0 Å². The van der Waals surface area contributed by atoms with E-state index in [2.05, 4.69) is 39.6 Å². The number of anilines is 2. The van der Waals surface area contributed by atoms with Gasteiger partial charge in [-0.3, -0.25) is 20.2 Å². The number of amides is 1. The highest BCUT2D eigenvalue weighted by Gasteiger charge is 2.22. The van der Waals surface area contributed by atoms with E-state index in [0.717, 1.165) is 61.8 Å². The minimum Gasteiger partial charge on any atom is -0.371 e. The van der Waals surface area contributed by atoms with Crippen molar-refractivity contribution >= 4 is 61.3 Å². The third kappa shape index (κ3) is 5.68. The number of hydrogen-bond donors (Lipinski definition) is 2. The molecule has 4 rings (SSSR count). The Kier molecular flexibility index (Phi) is 7.69. The number of aromatic nitrogens is 1. The van der Waals surface area contributed by atoms with Gasteiger partial charge in [-0.05, 0) is 68.1 Å². The minimum atomic E-state index is -0.497. The average Bonchev–Trinajstić information content (AvgIpc) is 3.24. The summed E-state index contributed by atoms with van der Waals surface area (Å²) in [5, 5.41) is 17.7. The molecule has 1 amide bonds. The van der Waals surface area contributed by atoms with E-state index in [0.29, 0.717) is 10.8 Å². The number of aryl methyl sites for hydroxylation is 1. The standard InChI is InChI=1S/C24H27N5O3S2/c1-2-3-7-16-8-10-19-21(14-16)34-24(25-19)27-23(33)26-22(30)18-15-17(29(31)32)9-11-20(18)28-12-5-4-6-13-28/h8-11,14-15H,2-7,12-13H2,1H3,(H2,25,26,27,30,33). The quantitative estimate of drug-likeness (QED) is 0.247. The number of fused-ring (bicyclic) bond motifs is 1. The van der Waals surface area contributed by atoms with Crippen LogP contribution in [0.3, 0.4) is 0 Å². The van der Waals surface area contributed by atoms with Crippen LogP contribution in [0.15, 0.2) is 36.4 Å². The monoisotopic (exact) mass is 497 g/mol. The Balaban J connectivity index is 1.49. The van der Waals surface area contributed by atoms with Gasteiger partial charge < -0.3 is 10.2 Å². The van der Waals surface area contributed by atoms with Gasteiger partial charge in [0.05, 0.1) is 26.4 Å². The fourth-order valence-electron chi connectivity index (χ4n) is 4.09. The van der Waals surface area contributed by atoms with Crippen molar-refractivity contribution in [3.8, 4) is 0 Å². The number of non-ortho nitro benzene ring substituents is 1. The van der Waals surface area contributed by atoms with Crippen LogP contribution in [0.2, 0.25) is 0 Å². The summed E-state index contributed by atoms with van der Waals surface area (Å²) in [6, 6.07) is 10.6. The first-order chi connectivity index (χ1) is 16.4. The van der Waals surface area contributed by atoms with E-state index in [1.807, 2.05) is 6.07 Å². The predicted octanol–water partition coefficient (Wildman–Crippen LogP) is 5.66. The second-order valence-corrected chi connectivity index (χ2v) is 9.78. The molecule has 1 saturated heterocycles.